The number of hydrogen-bond donors (Lipinski definition) is 0. The van der Waals surface area contributed by atoms with E-state index in [4.69, 9.17) is 17.8 Å². The Morgan fingerprint density at radius 2 is 1.67 bits per heavy atom. The molecule has 0 amide bonds. The Labute approximate surface area is 299 Å². The van der Waals surface area contributed by atoms with Gasteiger partial charge in [0, 0.05) is 17.2 Å². The van der Waals surface area contributed by atoms with Gasteiger partial charge in [-0.15, -0.1) is 11.3 Å². The average molecular weight is 743 g/mol. The molecule has 2 aliphatic rings. The van der Waals surface area contributed by atoms with E-state index in [0.29, 0.717) is 11.3 Å². The second-order valence-electron chi connectivity index (χ2n) is 17.5. The number of esters is 1. The van der Waals surface area contributed by atoms with E-state index in [-0.39, 0.29) is 45.5 Å². The van der Waals surface area contributed by atoms with E-state index in [2.05, 4.69) is 86.8 Å². The molecular formula is C37H66O7S2Si2. The molecule has 1 aromatic heterocycles. The summed E-state index contributed by atoms with van der Waals surface area (Å²) in [5, 5.41) is 0.144. The minimum atomic E-state index is -3.67. The fourth-order valence-electron chi connectivity index (χ4n) is 6.83. The minimum absolute atomic E-state index is 0.0168. The third kappa shape index (κ3) is 10.4. The zero-order valence-corrected chi connectivity index (χ0v) is 35.9. The summed E-state index contributed by atoms with van der Waals surface area (Å²) < 4.78 is 50.2. The van der Waals surface area contributed by atoms with Crippen LogP contribution in [0.3, 0.4) is 0 Å². The Kier molecular flexibility index (Phi) is 13.7. The summed E-state index contributed by atoms with van der Waals surface area (Å²) in [7, 11) is -6.44. The van der Waals surface area contributed by atoms with E-state index in [1.54, 1.807) is 0 Å². The molecule has 1 aromatic rings. The highest BCUT2D eigenvalue weighted by Gasteiger charge is 2.50. The van der Waals surface area contributed by atoms with Crippen molar-refractivity contribution in [1.82, 2.24) is 0 Å². The number of hydrogen-bond acceptors (Lipinski definition) is 8. The van der Waals surface area contributed by atoms with Crippen molar-refractivity contribution in [2.75, 3.05) is 13.4 Å². The molecule has 0 spiro atoms. The maximum Gasteiger partial charge on any atom is 0.348 e. The van der Waals surface area contributed by atoms with Gasteiger partial charge in [-0.1, -0.05) is 67.0 Å². The zero-order chi connectivity index (χ0) is 36.3. The van der Waals surface area contributed by atoms with E-state index in [0.717, 1.165) is 43.2 Å². The van der Waals surface area contributed by atoms with Crippen LogP contribution in [0.5, 0.6) is 0 Å². The fraction of sp³-hybridized carbons (Fsp3) is 0.811. The lowest BCUT2D eigenvalue weighted by molar-refractivity contribution is -0.0273. The van der Waals surface area contributed by atoms with Crippen LogP contribution in [0, 0.1) is 17.3 Å². The van der Waals surface area contributed by atoms with Crippen LogP contribution in [-0.4, -0.2) is 62.7 Å². The van der Waals surface area contributed by atoms with Gasteiger partial charge in [-0.2, -0.15) is 8.42 Å². The van der Waals surface area contributed by atoms with E-state index in [9.17, 15) is 13.2 Å². The summed E-state index contributed by atoms with van der Waals surface area (Å²) in [6, 6.07) is 3.81. The molecule has 0 bridgehead atoms. The standard InChI is InChI=1S/C37H66O7S2Si2/c1-14-37(24-17-25-37)33(44-48(12,13)36(5,6)7)21-16-20-29-28(19-15-18-27-22-23-32(45-27)34(38)41-8)30(42-46(9,39)40)26-31(29)43-47(10,11)35(2,3)4/h16,20,22-23,28-31,33H,14-15,17-19,21,24-26H2,1-13H3/t28-,29-,30+,31-,33?/m1/s1. The van der Waals surface area contributed by atoms with Crippen molar-refractivity contribution in [2.45, 2.75) is 161 Å². The predicted molar refractivity (Wildman–Crippen MR) is 204 cm³/mol. The van der Waals surface area contributed by atoms with Gasteiger partial charge in [0.2, 0.25) is 0 Å². The van der Waals surface area contributed by atoms with E-state index < -0.39 is 32.9 Å². The summed E-state index contributed by atoms with van der Waals surface area (Å²) >= 11 is 1.46. The molecule has 0 saturated heterocycles. The molecule has 0 radical (unpaired) electrons. The normalized spacial score (nSPS) is 24.5. The molecule has 7 nitrogen and oxygen atoms in total. The Morgan fingerprint density at radius 1 is 1.04 bits per heavy atom. The first-order chi connectivity index (χ1) is 22.0. The Hall–Kier alpha value is -0.826. The highest BCUT2D eigenvalue weighted by atomic mass is 32.2. The lowest BCUT2D eigenvalue weighted by Gasteiger charge is -2.51. The second kappa shape index (κ2) is 15.8. The van der Waals surface area contributed by atoms with Gasteiger partial charge in [0.15, 0.2) is 16.6 Å². The van der Waals surface area contributed by atoms with Crippen LogP contribution < -0.4 is 0 Å². The zero-order valence-electron chi connectivity index (χ0n) is 32.2. The Balaban J connectivity index is 1.94. The second-order valence-corrected chi connectivity index (χ2v) is 29.8. The van der Waals surface area contributed by atoms with Crippen molar-refractivity contribution in [3.63, 3.8) is 0 Å². The monoisotopic (exact) mass is 742 g/mol. The SMILES string of the molecule is CCC1(C(CC=C[C@@H]2[C@@H](CCCc3ccc(C(=O)OC)s3)[C@@H](OS(C)(=O)=O)C[C@H]2O[Si](C)(C)C(C)(C)C)O[Si](C)(C)C(C)(C)C)CCC1. The molecule has 0 aliphatic heterocycles. The number of thiophene rings is 1. The number of rotatable bonds is 16. The molecule has 0 aromatic carbocycles. The van der Waals surface area contributed by atoms with Crippen molar-refractivity contribution >= 4 is 44.1 Å². The minimum Gasteiger partial charge on any atom is -0.465 e. The molecule has 276 valence electrons. The lowest BCUT2D eigenvalue weighted by Crippen LogP contribution is -2.51. The van der Waals surface area contributed by atoms with Gasteiger partial charge in [0.25, 0.3) is 10.1 Å². The maximum atomic E-state index is 12.6. The van der Waals surface area contributed by atoms with Crippen LogP contribution in [0.15, 0.2) is 24.3 Å². The number of carbonyl (C=O) groups is 1. The summed E-state index contributed by atoms with van der Waals surface area (Å²) in [6.45, 7) is 25.2. The van der Waals surface area contributed by atoms with Crippen LogP contribution in [0.4, 0.5) is 0 Å². The van der Waals surface area contributed by atoms with Crippen LogP contribution in [0.2, 0.25) is 36.3 Å². The molecule has 1 unspecified atom stereocenters. The summed E-state index contributed by atoms with van der Waals surface area (Å²) in [4.78, 5) is 13.7. The van der Waals surface area contributed by atoms with Crippen LogP contribution in [0.1, 0.15) is 114 Å². The molecule has 11 heteroatoms. The highest BCUT2D eigenvalue weighted by Crippen LogP contribution is 2.52. The fourth-order valence-corrected chi connectivity index (χ4v) is 11.2. The van der Waals surface area contributed by atoms with Crippen LogP contribution >= 0.6 is 11.3 Å². The van der Waals surface area contributed by atoms with Crippen molar-refractivity contribution in [2.24, 2.45) is 17.3 Å². The summed E-state index contributed by atoms with van der Waals surface area (Å²) in [5.41, 5.74) is 0.220. The van der Waals surface area contributed by atoms with Crippen LogP contribution in [0.25, 0.3) is 0 Å². The van der Waals surface area contributed by atoms with Crippen molar-refractivity contribution in [1.29, 1.82) is 0 Å². The van der Waals surface area contributed by atoms with Gasteiger partial charge in [-0.05, 0) is 105 Å². The number of carbonyl (C=O) groups excluding carboxylic acids is 1. The van der Waals surface area contributed by atoms with E-state index >= 15 is 0 Å². The third-order valence-corrected chi connectivity index (χ3v) is 22.8. The van der Waals surface area contributed by atoms with Crippen molar-refractivity contribution < 1.29 is 31.0 Å². The molecule has 3 rings (SSSR count). The van der Waals surface area contributed by atoms with Crippen molar-refractivity contribution in [3.05, 3.63) is 34.0 Å². The molecule has 2 saturated carbocycles. The largest absolute Gasteiger partial charge is 0.465 e. The topological polar surface area (TPSA) is 88.1 Å². The molecule has 5 atom stereocenters. The molecule has 0 N–H and O–H groups in total. The molecular weight excluding hydrogens is 677 g/mol. The van der Waals surface area contributed by atoms with Gasteiger partial charge in [-0.25, -0.2) is 4.79 Å². The van der Waals surface area contributed by atoms with Gasteiger partial charge >= 0.3 is 5.97 Å². The quantitative estimate of drug-likeness (QED) is 0.0721. The van der Waals surface area contributed by atoms with Gasteiger partial charge in [-0.3, -0.25) is 4.18 Å². The van der Waals surface area contributed by atoms with E-state index in [1.165, 1.54) is 37.7 Å². The third-order valence-electron chi connectivity index (χ3n) is 12.1. The molecule has 48 heavy (non-hydrogen) atoms. The Bertz CT molecular complexity index is 1340. The average Bonchev–Trinajstić information content (AvgIpc) is 3.50. The van der Waals surface area contributed by atoms with E-state index in [1.807, 2.05) is 12.1 Å². The smallest absolute Gasteiger partial charge is 0.348 e. The highest BCUT2D eigenvalue weighted by molar-refractivity contribution is 7.86. The maximum absolute atomic E-state index is 12.6. The summed E-state index contributed by atoms with van der Waals surface area (Å²) in [6.07, 6.45) is 14.0. The molecule has 2 aliphatic carbocycles. The number of methoxy groups -OCH3 is 1. The van der Waals surface area contributed by atoms with Gasteiger partial charge in [0.05, 0.1) is 31.7 Å². The van der Waals surface area contributed by atoms with Crippen molar-refractivity contribution in [3.8, 4) is 0 Å². The number of ether oxygens (including phenoxy) is 1. The lowest BCUT2D eigenvalue weighted by atomic mass is 9.63. The van der Waals surface area contributed by atoms with Gasteiger partial charge in [0.1, 0.15) is 4.88 Å². The number of aryl methyl sites for hydroxylation is 1. The first kappa shape index (κ1) is 41.6. The Morgan fingerprint density at radius 3 is 2.17 bits per heavy atom. The predicted octanol–water partition coefficient (Wildman–Crippen LogP) is 10.1. The van der Waals surface area contributed by atoms with Crippen LogP contribution in [-0.2, 0) is 34.3 Å². The molecule has 1 heterocycles. The first-order valence-corrected chi connectivity index (χ1v) is 26.5. The first-order valence-electron chi connectivity index (χ1n) is 18.0. The summed E-state index contributed by atoms with van der Waals surface area (Å²) in [5.74, 6) is -0.316. The van der Waals surface area contributed by atoms with Gasteiger partial charge < -0.3 is 13.6 Å². The molecule has 2 fully saturated rings.